The van der Waals surface area contributed by atoms with Gasteiger partial charge in [-0.3, -0.25) is 4.79 Å². The van der Waals surface area contributed by atoms with E-state index in [0.29, 0.717) is 33.1 Å². The zero-order chi connectivity index (χ0) is 22.8. The van der Waals surface area contributed by atoms with E-state index in [9.17, 15) is 9.59 Å². The number of halogens is 2. The Morgan fingerprint density at radius 3 is 2.65 bits per heavy atom. The Hall–Kier alpha value is -1.82. The van der Waals surface area contributed by atoms with Crippen molar-refractivity contribution in [1.29, 1.82) is 0 Å². The Morgan fingerprint density at radius 2 is 2.00 bits per heavy atom. The first kappa shape index (κ1) is 23.8. The van der Waals surface area contributed by atoms with Crippen LogP contribution in [0.2, 0.25) is 10.0 Å². The van der Waals surface area contributed by atoms with Gasteiger partial charge in [0.05, 0.1) is 22.2 Å². The highest BCUT2D eigenvalue weighted by atomic mass is 35.5. The van der Waals surface area contributed by atoms with Crippen molar-refractivity contribution in [1.82, 2.24) is 0 Å². The Morgan fingerprint density at radius 1 is 1.26 bits per heavy atom. The van der Waals surface area contributed by atoms with Crippen molar-refractivity contribution < 1.29 is 14.3 Å². The van der Waals surface area contributed by atoms with E-state index < -0.39 is 0 Å². The molecule has 4 nitrogen and oxygen atoms in total. The van der Waals surface area contributed by atoms with Gasteiger partial charge in [0.2, 0.25) is 5.91 Å². The van der Waals surface area contributed by atoms with Gasteiger partial charge >= 0.3 is 5.97 Å². The maximum Gasteiger partial charge on any atom is 0.341 e. The molecule has 2 aromatic rings. The normalized spacial score (nSPS) is 16.3. The molecule has 1 unspecified atom stereocenters. The first-order valence-electron chi connectivity index (χ1n) is 10.4. The smallest absolute Gasteiger partial charge is 0.341 e. The molecule has 1 aromatic carbocycles. The lowest BCUT2D eigenvalue weighted by atomic mass is 9.72. The van der Waals surface area contributed by atoms with Crippen molar-refractivity contribution >= 4 is 57.5 Å². The van der Waals surface area contributed by atoms with Crippen LogP contribution in [0.1, 0.15) is 60.5 Å². The van der Waals surface area contributed by atoms with Crippen LogP contribution in [0.5, 0.6) is 0 Å². The number of ether oxygens (including phenoxy) is 1. The standard InChI is InChI=1S/C24H27Cl2NO3S/c1-5-30-23(29)21-16-9-8-15(24(2,3)4)13-19(16)31-22(21)27-20(28)11-7-14-6-10-17(25)18(26)12-14/h6-7,10-12,15H,5,8-9,13H2,1-4H3,(H,27,28). The molecule has 1 N–H and O–H groups in total. The number of anilines is 1. The fraction of sp³-hybridized carbons (Fsp3) is 0.417. The minimum absolute atomic E-state index is 0.192. The van der Waals surface area contributed by atoms with Gasteiger partial charge in [-0.05, 0) is 66.9 Å². The van der Waals surface area contributed by atoms with Crippen molar-refractivity contribution in [3.8, 4) is 0 Å². The van der Waals surface area contributed by atoms with Gasteiger partial charge in [0.15, 0.2) is 0 Å². The fourth-order valence-corrected chi connectivity index (χ4v) is 5.40. The van der Waals surface area contributed by atoms with Crippen LogP contribution in [-0.4, -0.2) is 18.5 Å². The number of carbonyl (C=O) groups is 2. The van der Waals surface area contributed by atoms with Crippen molar-refractivity contribution in [2.75, 3.05) is 11.9 Å². The molecule has 0 bridgehead atoms. The number of hydrogen-bond acceptors (Lipinski definition) is 4. The summed E-state index contributed by atoms with van der Waals surface area (Å²) in [5.74, 6) is -0.160. The lowest BCUT2D eigenvalue weighted by Crippen LogP contribution is -2.26. The zero-order valence-corrected chi connectivity index (χ0v) is 20.5. The Bertz CT molecular complexity index is 1020. The number of benzene rings is 1. The van der Waals surface area contributed by atoms with Gasteiger partial charge in [0, 0.05) is 11.0 Å². The molecule has 0 saturated carbocycles. The second-order valence-corrected chi connectivity index (χ2v) is 10.6. The Kier molecular flexibility index (Phi) is 7.51. The first-order chi connectivity index (χ1) is 14.6. The van der Waals surface area contributed by atoms with Crippen molar-refractivity contribution in [3.05, 3.63) is 55.9 Å². The third-order valence-corrected chi connectivity index (χ3v) is 7.49. The van der Waals surface area contributed by atoms with Gasteiger partial charge in [-0.2, -0.15) is 0 Å². The fourth-order valence-electron chi connectivity index (χ4n) is 3.77. The van der Waals surface area contributed by atoms with E-state index in [1.165, 1.54) is 17.4 Å². The van der Waals surface area contributed by atoms with E-state index in [2.05, 4.69) is 26.1 Å². The molecule has 3 rings (SSSR count). The van der Waals surface area contributed by atoms with Crippen molar-refractivity contribution in [2.24, 2.45) is 11.3 Å². The molecule has 0 saturated heterocycles. The summed E-state index contributed by atoms with van der Waals surface area (Å²) >= 11 is 13.4. The summed E-state index contributed by atoms with van der Waals surface area (Å²) in [6, 6.07) is 5.14. The molecular weight excluding hydrogens is 453 g/mol. The van der Waals surface area contributed by atoms with Crippen LogP contribution >= 0.6 is 34.5 Å². The minimum Gasteiger partial charge on any atom is -0.462 e. The monoisotopic (exact) mass is 479 g/mol. The Labute approximate surface area is 197 Å². The number of carbonyl (C=O) groups excluding carboxylic acids is 2. The second-order valence-electron chi connectivity index (χ2n) is 8.73. The molecule has 1 heterocycles. The van der Waals surface area contributed by atoms with Crippen LogP contribution in [0.4, 0.5) is 5.00 Å². The minimum atomic E-state index is -0.377. The van der Waals surface area contributed by atoms with Crippen LogP contribution in [0, 0.1) is 11.3 Å². The number of thiophene rings is 1. The summed E-state index contributed by atoms with van der Waals surface area (Å²) in [4.78, 5) is 26.5. The van der Waals surface area contributed by atoms with Crippen LogP contribution in [0.15, 0.2) is 24.3 Å². The number of fused-ring (bicyclic) bond motifs is 1. The molecule has 0 radical (unpaired) electrons. The summed E-state index contributed by atoms with van der Waals surface area (Å²) < 4.78 is 5.29. The number of esters is 1. The van der Waals surface area contributed by atoms with Gasteiger partial charge in [0.1, 0.15) is 5.00 Å². The third kappa shape index (κ3) is 5.71. The third-order valence-electron chi connectivity index (χ3n) is 5.58. The number of hydrogen-bond donors (Lipinski definition) is 1. The maximum absolute atomic E-state index is 12.7. The SMILES string of the molecule is CCOC(=O)c1c(NC(=O)C=Cc2ccc(Cl)c(Cl)c2)sc2c1CCC(C(C)(C)C)C2. The van der Waals surface area contributed by atoms with E-state index in [4.69, 9.17) is 27.9 Å². The quantitative estimate of drug-likeness (QED) is 0.369. The van der Waals surface area contributed by atoms with E-state index >= 15 is 0 Å². The van der Waals surface area contributed by atoms with Gasteiger partial charge in [-0.15, -0.1) is 11.3 Å². The average molecular weight is 480 g/mol. The van der Waals surface area contributed by atoms with E-state index in [0.717, 1.165) is 35.3 Å². The molecule has 1 aliphatic carbocycles. The van der Waals surface area contributed by atoms with Gasteiger partial charge in [-0.1, -0.05) is 50.0 Å². The molecule has 31 heavy (non-hydrogen) atoms. The summed E-state index contributed by atoms with van der Waals surface area (Å²) in [5.41, 5.74) is 2.48. The van der Waals surface area contributed by atoms with E-state index in [1.54, 1.807) is 31.2 Å². The summed E-state index contributed by atoms with van der Waals surface area (Å²) in [7, 11) is 0. The number of rotatable bonds is 5. The van der Waals surface area contributed by atoms with E-state index in [1.807, 2.05) is 0 Å². The highest BCUT2D eigenvalue weighted by Gasteiger charge is 2.34. The largest absolute Gasteiger partial charge is 0.462 e. The maximum atomic E-state index is 12.7. The van der Waals surface area contributed by atoms with Crippen molar-refractivity contribution in [2.45, 2.75) is 47.0 Å². The first-order valence-corrected chi connectivity index (χ1v) is 11.9. The number of nitrogens with one attached hydrogen (secondary N) is 1. The zero-order valence-electron chi connectivity index (χ0n) is 18.2. The molecule has 0 aliphatic heterocycles. The van der Waals surface area contributed by atoms with Gasteiger partial charge < -0.3 is 10.1 Å². The second kappa shape index (κ2) is 9.76. The molecular formula is C24H27Cl2NO3S. The van der Waals surface area contributed by atoms with Crippen molar-refractivity contribution in [3.63, 3.8) is 0 Å². The highest BCUT2D eigenvalue weighted by Crippen LogP contribution is 2.44. The molecule has 166 valence electrons. The van der Waals surface area contributed by atoms with Crippen LogP contribution in [0.25, 0.3) is 6.08 Å². The topological polar surface area (TPSA) is 55.4 Å². The number of amides is 1. The predicted octanol–water partition coefficient (Wildman–Crippen LogP) is 7.03. The van der Waals surface area contributed by atoms with Gasteiger partial charge in [0.25, 0.3) is 0 Å². The van der Waals surface area contributed by atoms with Crippen LogP contribution in [-0.2, 0) is 22.4 Å². The molecule has 1 amide bonds. The molecule has 1 atom stereocenters. The summed E-state index contributed by atoms with van der Waals surface area (Å²) in [5, 5.41) is 4.33. The molecule has 1 aliphatic rings. The lowest BCUT2D eigenvalue weighted by Gasteiger charge is -2.33. The predicted molar refractivity (Wildman–Crippen MR) is 129 cm³/mol. The molecule has 1 aromatic heterocycles. The van der Waals surface area contributed by atoms with Crippen LogP contribution in [0.3, 0.4) is 0 Å². The molecule has 0 fully saturated rings. The van der Waals surface area contributed by atoms with Crippen LogP contribution < -0.4 is 5.32 Å². The lowest BCUT2D eigenvalue weighted by molar-refractivity contribution is -0.111. The average Bonchev–Trinajstić information content (AvgIpc) is 3.05. The summed E-state index contributed by atoms with van der Waals surface area (Å²) in [6.07, 6.45) is 5.82. The Balaban J connectivity index is 1.85. The molecule has 7 heteroatoms. The van der Waals surface area contributed by atoms with Gasteiger partial charge in [-0.25, -0.2) is 4.79 Å². The molecule has 0 spiro atoms. The highest BCUT2D eigenvalue weighted by molar-refractivity contribution is 7.17. The summed E-state index contributed by atoms with van der Waals surface area (Å²) in [6.45, 7) is 8.82. The van der Waals surface area contributed by atoms with E-state index in [-0.39, 0.29) is 17.3 Å².